The average molecular weight is 352 g/mol. The SMILES string of the molecule is NCCCN(Cc1cccc(NC(=O)c2ccncc2)c1)C(=O)C1CC1. The van der Waals surface area contributed by atoms with Crippen molar-refractivity contribution in [3.05, 3.63) is 59.9 Å². The maximum atomic E-state index is 12.5. The van der Waals surface area contributed by atoms with Crippen molar-refractivity contribution in [1.29, 1.82) is 0 Å². The van der Waals surface area contributed by atoms with Crippen LogP contribution in [0, 0.1) is 5.92 Å². The Morgan fingerprint density at radius 3 is 2.65 bits per heavy atom. The fourth-order valence-corrected chi connectivity index (χ4v) is 2.81. The van der Waals surface area contributed by atoms with Gasteiger partial charge in [0.15, 0.2) is 0 Å². The van der Waals surface area contributed by atoms with Gasteiger partial charge in [-0.1, -0.05) is 12.1 Å². The van der Waals surface area contributed by atoms with Gasteiger partial charge in [0.05, 0.1) is 0 Å². The minimum Gasteiger partial charge on any atom is -0.338 e. The number of amides is 2. The number of nitrogens with two attached hydrogens (primary N) is 1. The molecule has 0 bridgehead atoms. The van der Waals surface area contributed by atoms with E-state index in [2.05, 4.69) is 10.3 Å². The second-order valence-electron chi connectivity index (χ2n) is 6.57. The summed E-state index contributed by atoms with van der Waals surface area (Å²) in [6.45, 7) is 1.77. The Morgan fingerprint density at radius 1 is 1.19 bits per heavy atom. The second kappa shape index (κ2) is 8.58. The van der Waals surface area contributed by atoms with Crippen molar-refractivity contribution in [1.82, 2.24) is 9.88 Å². The third kappa shape index (κ3) is 4.89. The number of nitrogens with one attached hydrogen (secondary N) is 1. The lowest BCUT2D eigenvalue weighted by atomic mass is 10.1. The van der Waals surface area contributed by atoms with E-state index in [0.717, 1.165) is 24.8 Å². The molecule has 1 fully saturated rings. The van der Waals surface area contributed by atoms with Gasteiger partial charge in [-0.05, 0) is 55.6 Å². The van der Waals surface area contributed by atoms with E-state index in [4.69, 9.17) is 5.73 Å². The molecular formula is C20H24N4O2. The number of rotatable bonds is 8. The summed E-state index contributed by atoms with van der Waals surface area (Å²) in [5.41, 5.74) is 7.86. The van der Waals surface area contributed by atoms with Crippen LogP contribution in [0.5, 0.6) is 0 Å². The molecule has 3 rings (SSSR count). The molecule has 1 aliphatic carbocycles. The normalized spacial score (nSPS) is 13.3. The Labute approximate surface area is 153 Å². The number of pyridine rings is 1. The second-order valence-corrected chi connectivity index (χ2v) is 6.57. The highest BCUT2D eigenvalue weighted by atomic mass is 16.2. The first kappa shape index (κ1) is 18.1. The standard InChI is InChI=1S/C20H24N4O2/c21-9-2-12-24(20(26)17-5-6-17)14-15-3-1-4-18(13-15)23-19(25)16-7-10-22-11-8-16/h1,3-4,7-8,10-11,13,17H,2,5-6,9,12,14,21H2,(H,23,25). The van der Waals surface area contributed by atoms with E-state index in [-0.39, 0.29) is 17.7 Å². The topological polar surface area (TPSA) is 88.3 Å². The van der Waals surface area contributed by atoms with Gasteiger partial charge in [-0.25, -0.2) is 0 Å². The Hall–Kier alpha value is -2.73. The first-order valence-electron chi connectivity index (χ1n) is 8.96. The molecule has 0 atom stereocenters. The highest BCUT2D eigenvalue weighted by molar-refractivity contribution is 6.04. The van der Waals surface area contributed by atoms with Gasteiger partial charge in [0.25, 0.3) is 5.91 Å². The van der Waals surface area contributed by atoms with E-state index >= 15 is 0 Å². The Morgan fingerprint density at radius 2 is 1.96 bits per heavy atom. The average Bonchev–Trinajstić information content (AvgIpc) is 3.51. The zero-order valence-electron chi connectivity index (χ0n) is 14.7. The molecule has 26 heavy (non-hydrogen) atoms. The van der Waals surface area contributed by atoms with Crippen LogP contribution in [-0.4, -0.2) is 34.8 Å². The highest BCUT2D eigenvalue weighted by Crippen LogP contribution is 2.31. The van der Waals surface area contributed by atoms with E-state index in [1.54, 1.807) is 24.5 Å². The molecule has 0 aliphatic heterocycles. The van der Waals surface area contributed by atoms with E-state index in [1.165, 1.54) is 0 Å². The number of hydrogen-bond donors (Lipinski definition) is 2. The summed E-state index contributed by atoms with van der Waals surface area (Å²) < 4.78 is 0. The van der Waals surface area contributed by atoms with Crippen molar-refractivity contribution in [2.45, 2.75) is 25.8 Å². The number of nitrogens with zero attached hydrogens (tertiary/aromatic N) is 2. The molecule has 3 N–H and O–H groups in total. The van der Waals surface area contributed by atoms with Crippen molar-refractivity contribution in [3.63, 3.8) is 0 Å². The molecule has 1 aromatic carbocycles. The minimum atomic E-state index is -0.182. The van der Waals surface area contributed by atoms with E-state index in [0.29, 0.717) is 30.9 Å². The quantitative estimate of drug-likeness (QED) is 0.764. The highest BCUT2D eigenvalue weighted by Gasteiger charge is 2.33. The molecule has 6 heteroatoms. The summed E-state index contributed by atoms with van der Waals surface area (Å²) in [6, 6.07) is 11.0. The maximum absolute atomic E-state index is 12.5. The lowest BCUT2D eigenvalue weighted by Crippen LogP contribution is -2.33. The monoisotopic (exact) mass is 352 g/mol. The lowest BCUT2D eigenvalue weighted by Gasteiger charge is -2.23. The Kier molecular flexibility index (Phi) is 5.96. The van der Waals surface area contributed by atoms with Gasteiger partial charge < -0.3 is 16.0 Å². The molecule has 1 aliphatic rings. The Balaban J connectivity index is 1.67. The number of carbonyl (C=O) groups excluding carboxylic acids is 2. The van der Waals surface area contributed by atoms with E-state index < -0.39 is 0 Å². The predicted octanol–water partition coefficient (Wildman–Crippen LogP) is 2.42. The zero-order valence-corrected chi connectivity index (χ0v) is 14.7. The van der Waals surface area contributed by atoms with Crippen LogP contribution in [0.1, 0.15) is 35.2 Å². The molecule has 6 nitrogen and oxygen atoms in total. The fraction of sp³-hybridized carbons (Fsp3) is 0.350. The van der Waals surface area contributed by atoms with Gasteiger partial charge in [0.2, 0.25) is 5.91 Å². The zero-order chi connectivity index (χ0) is 18.4. The van der Waals surface area contributed by atoms with Crippen LogP contribution < -0.4 is 11.1 Å². The number of carbonyl (C=O) groups is 2. The molecule has 1 aromatic heterocycles. The smallest absolute Gasteiger partial charge is 0.255 e. The maximum Gasteiger partial charge on any atom is 0.255 e. The molecule has 0 unspecified atom stereocenters. The first-order valence-corrected chi connectivity index (χ1v) is 8.96. The van der Waals surface area contributed by atoms with Crippen molar-refractivity contribution in [2.75, 3.05) is 18.4 Å². The molecule has 0 radical (unpaired) electrons. The lowest BCUT2D eigenvalue weighted by molar-refractivity contribution is -0.133. The summed E-state index contributed by atoms with van der Waals surface area (Å²) in [6.07, 6.45) is 5.94. The number of benzene rings is 1. The fourth-order valence-electron chi connectivity index (χ4n) is 2.81. The van der Waals surface area contributed by atoms with Gasteiger partial charge >= 0.3 is 0 Å². The molecule has 136 valence electrons. The van der Waals surface area contributed by atoms with E-state index in [9.17, 15) is 9.59 Å². The summed E-state index contributed by atoms with van der Waals surface area (Å²) in [5, 5.41) is 2.89. The van der Waals surface area contributed by atoms with Crippen LogP contribution in [0.15, 0.2) is 48.8 Å². The summed E-state index contributed by atoms with van der Waals surface area (Å²) >= 11 is 0. The summed E-state index contributed by atoms with van der Waals surface area (Å²) in [5.74, 6) is 0.214. The number of anilines is 1. The van der Waals surface area contributed by atoms with Crippen LogP contribution in [0.3, 0.4) is 0 Å². The van der Waals surface area contributed by atoms with Crippen LogP contribution in [0.4, 0.5) is 5.69 Å². The van der Waals surface area contributed by atoms with Crippen molar-refractivity contribution in [3.8, 4) is 0 Å². The molecule has 0 spiro atoms. The predicted molar refractivity (Wildman–Crippen MR) is 100 cm³/mol. The third-order valence-corrected chi connectivity index (χ3v) is 4.37. The summed E-state index contributed by atoms with van der Waals surface area (Å²) in [4.78, 5) is 30.5. The molecule has 2 aromatic rings. The van der Waals surface area contributed by atoms with Gasteiger partial charge in [-0.15, -0.1) is 0 Å². The van der Waals surface area contributed by atoms with Gasteiger partial charge in [-0.3, -0.25) is 14.6 Å². The van der Waals surface area contributed by atoms with Crippen LogP contribution >= 0.6 is 0 Å². The largest absolute Gasteiger partial charge is 0.338 e. The van der Waals surface area contributed by atoms with Gasteiger partial charge in [-0.2, -0.15) is 0 Å². The number of aromatic nitrogens is 1. The summed E-state index contributed by atoms with van der Waals surface area (Å²) in [7, 11) is 0. The van der Waals surface area contributed by atoms with E-state index in [1.807, 2.05) is 29.2 Å². The minimum absolute atomic E-state index is 0.182. The van der Waals surface area contributed by atoms with Crippen LogP contribution in [-0.2, 0) is 11.3 Å². The van der Waals surface area contributed by atoms with Crippen molar-refractivity contribution in [2.24, 2.45) is 11.7 Å². The van der Waals surface area contributed by atoms with Gasteiger partial charge in [0.1, 0.15) is 0 Å². The molecule has 2 amide bonds. The van der Waals surface area contributed by atoms with Crippen LogP contribution in [0.25, 0.3) is 0 Å². The van der Waals surface area contributed by atoms with Crippen molar-refractivity contribution >= 4 is 17.5 Å². The molecule has 1 saturated carbocycles. The van der Waals surface area contributed by atoms with Crippen molar-refractivity contribution < 1.29 is 9.59 Å². The molecule has 1 heterocycles. The third-order valence-electron chi connectivity index (χ3n) is 4.37. The van der Waals surface area contributed by atoms with Gasteiger partial charge in [0, 0.05) is 42.7 Å². The molecular weight excluding hydrogens is 328 g/mol. The molecule has 0 saturated heterocycles. The Bertz CT molecular complexity index is 759. The van der Waals surface area contributed by atoms with Crippen LogP contribution in [0.2, 0.25) is 0 Å². The number of hydrogen-bond acceptors (Lipinski definition) is 4. The first-order chi connectivity index (χ1) is 12.7.